The standard InChI is InChI=1S/C14H16ClN3/c15-12-5-6-13(11-4-2-8-17-14(11)12)18-9-10-3-1-7-16-10/h2,4-6,8,10,16,18H,1,3,7,9H2. The second kappa shape index (κ2) is 5.12. The molecule has 4 heteroatoms. The molecule has 1 atom stereocenters. The molecule has 18 heavy (non-hydrogen) atoms. The van der Waals surface area contributed by atoms with Gasteiger partial charge in [0.1, 0.15) is 0 Å². The first-order valence-corrected chi connectivity index (χ1v) is 6.73. The Kier molecular flexibility index (Phi) is 3.35. The van der Waals surface area contributed by atoms with Crippen LogP contribution in [0.2, 0.25) is 5.02 Å². The summed E-state index contributed by atoms with van der Waals surface area (Å²) in [6.07, 6.45) is 4.29. The monoisotopic (exact) mass is 261 g/mol. The molecule has 0 bridgehead atoms. The zero-order chi connectivity index (χ0) is 12.4. The van der Waals surface area contributed by atoms with E-state index in [1.54, 1.807) is 6.20 Å². The Labute approximate surface area is 112 Å². The Morgan fingerprint density at radius 2 is 2.33 bits per heavy atom. The smallest absolute Gasteiger partial charge is 0.0908 e. The zero-order valence-electron chi connectivity index (χ0n) is 10.1. The van der Waals surface area contributed by atoms with Crippen LogP contribution in [0.25, 0.3) is 10.9 Å². The van der Waals surface area contributed by atoms with Gasteiger partial charge in [-0.25, -0.2) is 0 Å². The van der Waals surface area contributed by atoms with E-state index in [1.807, 2.05) is 18.2 Å². The zero-order valence-corrected chi connectivity index (χ0v) is 10.9. The largest absolute Gasteiger partial charge is 0.383 e. The van der Waals surface area contributed by atoms with Gasteiger partial charge in [0.25, 0.3) is 0 Å². The van der Waals surface area contributed by atoms with Crippen molar-refractivity contribution in [2.45, 2.75) is 18.9 Å². The van der Waals surface area contributed by atoms with Crippen LogP contribution in [0.15, 0.2) is 30.5 Å². The van der Waals surface area contributed by atoms with Gasteiger partial charge in [-0.05, 0) is 43.7 Å². The summed E-state index contributed by atoms with van der Waals surface area (Å²) in [5, 5.41) is 8.77. The van der Waals surface area contributed by atoms with Gasteiger partial charge in [-0.3, -0.25) is 4.98 Å². The molecule has 2 N–H and O–H groups in total. The number of benzene rings is 1. The van der Waals surface area contributed by atoms with Gasteiger partial charge in [0, 0.05) is 29.9 Å². The summed E-state index contributed by atoms with van der Waals surface area (Å²) >= 11 is 6.15. The minimum atomic E-state index is 0.576. The van der Waals surface area contributed by atoms with Crippen molar-refractivity contribution in [1.29, 1.82) is 0 Å². The molecule has 0 radical (unpaired) electrons. The van der Waals surface area contributed by atoms with E-state index < -0.39 is 0 Å². The van der Waals surface area contributed by atoms with Crippen LogP contribution in [-0.4, -0.2) is 24.1 Å². The maximum atomic E-state index is 6.15. The van der Waals surface area contributed by atoms with Crippen molar-refractivity contribution in [2.24, 2.45) is 0 Å². The minimum Gasteiger partial charge on any atom is -0.383 e. The lowest BCUT2D eigenvalue weighted by Crippen LogP contribution is -2.29. The molecule has 94 valence electrons. The predicted octanol–water partition coefficient (Wildman–Crippen LogP) is 3.05. The maximum Gasteiger partial charge on any atom is 0.0908 e. The molecule has 1 aromatic carbocycles. The Morgan fingerprint density at radius 1 is 1.39 bits per heavy atom. The van der Waals surface area contributed by atoms with Crippen LogP contribution in [0.3, 0.4) is 0 Å². The van der Waals surface area contributed by atoms with Crippen LogP contribution in [0.1, 0.15) is 12.8 Å². The third kappa shape index (κ3) is 2.28. The molecule has 1 aromatic heterocycles. The van der Waals surface area contributed by atoms with Gasteiger partial charge in [-0.2, -0.15) is 0 Å². The summed E-state index contributed by atoms with van der Waals surface area (Å²) in [5.41, 5.74) is 1.97. The lowest BCUT2D eigenvalue weighted by Gasteiger charge is -2.14. The Hall–Kier alpha value is -1.32. The van der Waals surface area contributed by atoms with Crippen molar-refractivity contribution in [1.82, 2.24) is 10.3 Å². The summed E-state index contributed by atoms with van der Waals surface area (Å²) in [5.74, 6) is 0. The van der Waals surface area contributed by atoms with Crippen LogP contribution >= 0.6 is 11.6 Å². The van der Waals surface area contributed by atoms with Gasteiger partial charge in [-0.1, -0.05) is 11.6 Å². The molecule has 1 aliphatic heterocycles. The Bertz CT molecular complexity index is 550. The van der Waals surface area contributed by atoms with Gasteiger partial charge in [-0.15, -0.1) is 0 Å². The van der Waals surface area contributed by atoms with Gasteiger partial charge in [0.15, 0.2) is 0 Å². The number of rotatable bonds is 3. The van der Waals surface area contributed by atoms with E-state index in [2.05, 4.69) is 21.7 Å². The van der Waals surface area contributed by atoms with Crippen molar-refractivity contribution in [3.05, 3.63) is 35.5 Å². The fourth-order valence-corrected chi connectivity index (χ4v) is 2.67. The van der Waals surface area contributed by atoms with Crippen molar-refractivity contribution in [2.75, 3.05) is 18.4 Å². The molecule has 0 saturated carbocycles. The first-order valence-electron chi connectivity index (χ1n) is 6.35. The molecule has 1 saturated heterocycles. The number of nitrogens with zero attached hydrogens (tertiary/aromatic N) is 1. The van der Waals surface area contributed by atoms with Crippen LogP contribution in [0, 0.1) is 0 Å². The Balaban J connectivity index is 1.85. The number of fused-ring (bicyclic) bond motifs is 1. The molecule has 1 aliphatic rings. The number of nitrogens with one attached hydrogen (secondary N) is 2. The van der Waals surface area contributed by atoms with E-state index in [0.717, 1.165) is 29.7 Å². The van der Waals surface area contributed by atoms with Gasteiger partial charge in [0.05, 0.1) is 10.5 Å². The topological polar surface area (TPSA) is 37.0 Å². The van der Waals surface area contributed by atoms with Crippen LogP contribution in [0.4, 0.5) is 5.69 Å². The summed E-state index contributed by atoms with van der Waals surface area (Å²) in [6.45, 7) is 2.08. The highest BCUT2D eigenvalue weighted by atomic mass is 35.5. The number of hydrogen-bond donors (Lipinski definition) is 2. The fourth-order valence-electron chi connectivity index (χ4n) is 2.46. The third-order valence-electron chi connectivity index (χ3n) is 3.42. The highest BCUT2D eigenvalue weighted by Crippen LogP contribution is 2.28. The van der Waals surface area contributed by atoms with Crippen LogP contribution < -0.4 is 10.6 Å². The number of pyridine rings is 1. The lowest BCUT2D eigenvalue weighted by molar-refractivity contribution is 0.634. The third-order valence-corrected chi connectivity index (χ3v) is 3.73. The highest BCUT2D eigenvalue weighted by Gasteiger charge is 2.14. The van der Waals surface area contributed by atoms with Crippen molar-refractivity contribution < 1.29 is 0 Å². The lowest BCUT2D eigenvalue weighted by atomic mass is 10.1. The average molecular weight is 262 g/mol. The van der Waals surface area contributed by atoms with Gasteiger partial charge in [0.2, 0.25) is 0 Å². The van der Waals surface area contributed by atoms with Crippen molar-refractivity contribution in [3.8, 4) is 0 Å². The van der Waals surface area contributed by atoms with E-state index in [4.69, 9.17) is 11.6 Å². The van der Waals surface area contributed by atoms with Gasteiger partial charge < -0.3 is 10.6 Å². The summed E-state index contributed by atoms with van der Waals surface area (Å²) in [6, 6.07) is 8.51. The molecule has 0 aliphatic carbocycles. The van der Waals surface area contributed by atoms with Crippen LogP contribution in [-0.2, 0) is 0 Å². The van der Waals surface area contributed by atoms with Gasteiger partial charge >= 0.3 is 0 Å². The number of anilines is 1. The normalized spacial score (nSPS) is 19.3. The number of aromatic nitrogens is 1. The van der Waals surface area contributed by atoms with E-state index >= 15 is 0 Å². The van der Waals surface area contributed by atoms with Crippen molar-refractivity contribution in [3.63, 3.8) is 0 Å². The molecular formula is C14H16ClN3. The van der Waals surface area contributed by atoms with E-state index in [1.165, 1.54) is 12.8 Å². The first-order chi connectivity index (χ1) is 8.84. The number of hydrogen-bond acceptors (Lipinski definition) is 3. The maximum absolute atomic E-state index is 6.15. The molecule has 2 heterocycles. The van der Waals surface area contributed by atoms with E-state index in [9.17, 15) is 0 Å². The average Bonchev–Trinajstić information content (AvgIpc) is 2.92. The number of halogens is 1. The molecule has 3 rings (SSSR count). The Morgan fingerprint density at radius 3 is 3.17 bits per heavy atom. The molecule has 0 amide bonds. The molecule has 0 spiro atoms. The van der Waals surface area contributed by atoms with E-state index in [-0.39, 0.29) is 0 Å². The second-order valence-electron chi connectivity index (χ2n) is 4.67. The van der Waals surface area contributed by atoms with Crippen LogP contribution in [0.5, 0.6) is 0 Å². The molecule has 1 unspecified atom stereocenters. The molecule has 1 fully saturated rings. The fraction of sp³-hybridized carbons (Fsp3) is 0.357. The second-order valence-corrected chi connectivity index (χ2v) is 5.08. The summed E-state index contributed by atoms with van der Waals surface area (Å²) in [4.78, 5) is 4.33. The predicted molar refractivity (Wildman–Crippen MR) is 76.3 cm³/mol. The summed E-state index contributed by atoms with van der Waals surface area (Å²) < 4.78 is 0. The summed E-state index contributed by atoms with van der Waals surface area (Å²) in [7, 11) is 0. The first kappa shape index (κ1) is 11.8. The van der Waals surface area contributed by atoms with Crippen molar-refractivity contribution >= 4 is 28.2 Å². The molecule has 2 aromatic rings. The SMILES string of the molecule is Clc1ccc(NCC2CCCN2)c2cccnc12. The van der Waals surface area contributed by atoms with E-state index in [0.29, 0.717) is 11.1 Å². The molecule has 3 nitrogen and oxygen atoms in total. The highest BCUT2D eigenvalue weighted by molar-refractivity contribution is 6.35. The minimum absolute atomic E-state index is 0.576. The quantitative estimate of drug-likeness (QED) is 0.892. The molecular weight excluding hydrogens is 246 g/mol.